The Kier molecular flexibility index (Phi) is 1.51. The number of H-pyrrole nitrogens is 1. The molecule has 3 N–H and O–H groups in total. The molecule has 0 spiro atoms. The van der Waals surface area contributed by atoms with Crippen LogP contribution in [0.1, 0.15) is 5.69 Å². The molecule has 0 aliphatic heterocycles. The van der Waals surface area contributed by atoms with Crippen LogP contribution >= 0.6 is 11.6 Å². The summed E-state index contributed by atoms with van der Waals surface area (Å²) < 4.78 is 0. The Hall–Kier alpha value is -1.15. The van der Waals surface area contributed by atoms with E-state index in [9.17, 15) is 0 Å². The second-order valence-corrected chi connectivity index (χ2v) is 3.28. The van der Waals surface area contributed by atoms with Crippen LogP contribution < -0.4 is 5.73 Å². The van der Waals surface area contributed by atoms with Crippen LogP contribution in [0, 0.1) is 6.92 Å². The van der Waals surface area contributed by atoms with Gasteiger partial charge in [-0.25, -0.2) is 0 Å². The minimum atomic E-state index is 0.613. The van der Waals surface area contributed by atoms with Crippen molar-refractivity contribution in [3.8, 4) is 0 Å². The molecule has 2 aromatic rings. The maximum atomic E-state index is 5.86. The number of rotatable bonds is 0. The topological polar surface area (TPSA) is 41.8 Å². The molecule has 1 aromatic carbocycles. The number of nitrogen functional groups attached to an aromatic ring is 1. The van der Waals surface area contributed by atoms with Crippen molar-refractivity contribution >= 4 is 28.2 Å². The summed E-state index contributed by atoms with van der Waals surface area (Å²) in [7, 11) is 0. The molecular weight excluding hydrogens is 172 g/mol. The SMILES string of the molecule is Cc1cc2c(N)c(Cl)ccc2[nH]1. The highest BCUT2D eigenvalue weighted by atomic mass is 35.5. The highest BCUT2D eigenvalue weighted by molar-refractivity contribution is 6.34. The van der Waals surface area contributed by atoms with Crippen LogP contribution in [0.5, 0.6) is 0 Å². The molecule has 1 heterocycles. The Bertz CT molecular complexity index is 431. The van der Waals surface area contributed by atoms with E-state index in [4.69, 9.17) is 17.3 Å². The second kappa shape index (κ2) is 2.42. The summed E-state index contributed by atoms with van der Waals surface area (Å²) >= 11 is 5.86. The van der Waals surface area contributed by atoms with Gasteiger partial charge in [0.15, 0.2) is 0 Å². The predicted octanol–water partition coefficient (Wildman–Crippen LogP) is 2.71. The van der Waals surface area contributed by atoms with Crippen molar-refractivity contribution in [2.24, 2.45) is 0 Å². The number of aromatic amines is 1. The fourth-order valence-corrected chi connectivity index (χ4v) is 1.50. The van der Waals surface area contributed by atoms with Crippen molar-refractivity contribution in [1.82, 2.24) is 4.98 Å². The van der Waals surface area contributed by atoms with Gasteiger partial charge >= 0.3 is 0 Å². The van der Waals surface area contributed by atoms with Crippen molar-refractivity contribution in [2.75, 3.05) is 5.73 Å². The van der Waals surface area contributed by atoms with E-state index in [-0.39, 0.29) is 0 Å². The Morgan fingerprint density at radius 2 is 2.17 bits per heavy atom. The lowest BCUT2D eigenvalue weighted by atomic mass is 10.2. The molecule has 2 nitrogen and oxygen atoms in total. The van der Waals surface area contributed by atoms with Gasteiger partial charge in [0.25, 0.3) is 0 Å². The number of fused-ring (bicyclic) bond motifs is 1. The Morgan fingerprint density at radius 1 is 1.42 bits per heavy atom. The highest BCUT2D eigenvalue weighted by Gasteiger charge is 2.03. The van der Waals surface area contributed by atoms with Gasteiger partial charge in [0.1, 0.15) is 0 Å². The van der Waals surface area contributed by atoms with Gasteiger partial charge in [-0.1, -0.05) is 11.6 Å². The van der Waals surface area contributed by atoms with Crippen LogP contribution in [0.25, 0.3) is 10.9 Å². The van der Waals surface area contributed by atoms with E-state index in [2.05, 4.69) is 4.98 Å². The van der Waals surface area contributed by atoms with Gasteiger partial charge in [-0.2, -0.15) is 0 Å². The van der Waals surface area contributed by atoms with E-state index in [0.717, 1.165) is 16.6 Å². The molecule has 0 amide bonds. The Labute approximate surface area is 75.3 Å². The fourth-order valence-electron chi connectivity index (χ4n) is 1.34. The Morgan fingerprint density at radius 3 is 2.92 bits per heavy atom. The summed E-state index contributed by atoms with van der Waals surface area (Å²) in [6.45, 7) is 1.99. The lowest BCUT2D eigenvalue weighted by molar-refractivity contribution is 1.30. The molecule has 3 heteroatoms. The van der Waals surface area contributed by atoms with E-state index in [1.165, 1.54) is 0 Å². The van der Waals surface area contributed by atoms with E-state index in [1.54, 1.807) is 6.07 Å². The van der Waals surface area contributed by atoms with Crippen molar-refractivity contribution < 1.29 is 0 Å². The number of hydrogen-bond acceptors (Lipinski definition) is 1. The molecule has 0 saturated carbocycles. The zero-order valence-corrected chi connectivity index (χ0v) is 7.44. The highest BCUT2D eigenvalue weighted by Crippen LogP contribution is 2.28. The van der Waals surface area contributed by atoms with Gasteiger partial charge in [-0.15, -0.1) is 0 Å². The first-order valence-corrected chi connectivity index (χ1v) is 4.09. The number of halogens is 1. The third-order valence-electron chi connectivity index (χ3n) is 1.93. The smallest absolute Gasteiger partial charge is 0.0643 e. The summed E-state index contributed by atoms with van der Waals surface area (Å²) in [6.07, 6.45) is 0. The summed E-state index contributed by atoms with van der Waals surface area (Å²) in [6, 6.07) is 5.73. The lowest BCUT2D eigenvalue weighted by Gasteiger charge is -1.97. The maximum absolute atomic E-state index is 5.86. The van der Waals surface area contributed by atoms with Crippen molar-refractivity contribution in [3.05, 3.63) is 28.9 Å². The van der Waals surface area contributed by atoms with Crippen LogP contribution in [-0.2, 0) is 0 Å². The minimum Gasteiger partial charge on any atom is -0.397 e. The fraction of sp³-hybridized carbons (Fsp3) is 0.111. The third kappa shape index (κ3) is 0.959. The van der Waals surface area contributed by atoms with Crippen molar-refractivity contribution in [2.45, 2.75) is 6.92 Å². The number of nitrogens with two attached hydrogens (primary N) is 1. The third-order valence-corrected chi connectivity index (χ3v) is 2.26. The number of aryl methyl sites for hydroxylation is 1. The van der Waals surface area contributed by atoms with Crippen LogP contribution in [0.3, 0.4) is 0 Å². The summed E-state index contributed by atoms with van der Waals surface area (Å²) in [5.74, 6) is 0. The zero-order chi connectivity index (χ0) is 8.72. The van der Waals surface area contributed by atoms with Gasteiger partial charge in [0, 0.05) is 16.6 Å². The van der Waals surface area contributed by atoms with Crippen molar-refractivity contribution in [1.29, 1.82) is 0 Å². The van der Waals surface area contributed by atoms with Gasteiger partial charge in [-0.05, 0) is 25.1 Å². The molecule has 0 fully saturated rings. The molecule has 12 heavy (non-hydrogen) atoms. The number of hydrogen-bond donors (Lipinski definition) is 2. The molecular formula is C9H9ClN2. The van der Waals surface area contributed by atoms with Crippen LogP contribution in [0.15, 0.2) is 18.2 Å². The quantitative estimate of drug-likeness (QED) is 0.602. The van der Waals surface area contributed by atoms with Crippen molar-refractivity contribution in [3.63, 3.8) is 0 Å². The van der Waals surface area contributed by atoms with Gasteiger partial charge < -0.3 is 10.7 Å². The first-order chi connectivity index (χ1) is 5.68. The second-order valence-electron chi connectivity index (χ2n) is 2.87. The van der Waals surface area contributed by atoms with Gasteiger partial charge in [0.2, 0.25) is 0 Å². The molecule has 0 unspecified atom stereocenters. The van der Waals surface area contributed by atoms with E-state index in [1.807, 2.05) is 19.1 Å². The van der Waals surface area contributed by atoms with Gasteiger partial charge in [-0.3, -0.25) is 0 Å². The first kappa shape index (κ1) is 7.50. The lowest BCUT2D eigenvalue weighted by Crippen LogP contribution is -1.85. The first-order valence-electron chi connectivity index (χ1n) is 3.72. The molecule has 1 aromatic heterocycles. The molecule has 0 saturated heterocycles. The van der Waals surface area contributed by atoms with Gasteiger partial charge in [0.05, 0.1) is 10.7 Å². The largest absolute Gasteiger partial charge is 0.397 e. The van der Waals surface area contributed by atoms with Crippen LogP contribution in [0.2, 0.25) is 5.02 Å². The average Bonchev–Trinajstić information content (AvgIpc) is 2.39. The molecule has 0 aliphatic rings. The van der Waals surface area contributed by atoms with E-state index < -0.39 is 0 Å². The zero-order valence-electron chi connectivity index (χ0n) is 6.69. The minimum absolute atomic E-state index is 0.613. The molecule has 0 bridgehead atoms. The molecule has 2 rings (SSSR count). The Balaban J connectivity index is 2.89. The van der Waals surface area contributed by atoms with Crippen LogP contribution in [0.4, 0.5) is 5.69 Å². The average molecular weight is 181 g/mol. The normalized spacial score (nSPS) is 10.8. The molecule has 0 aliphatic carbocycles. The number of aromatic nitrogens is 1. The van der Waals surface area contributed by atoms with Crippen LogP contribution in [-0.4, -0.2) is 4.98 Å². The van der Waals surface area contributed by atoms with E-state index >= 15 is 0 Å². The van der Waals surface area contributed by atoms with E-state index in [0.29, 0.717) is 10.7 Å². The standard InChI is InChI=1S/C9H9ClN2/c1-5-4-6-8(12-5)3-2-7(10)9(6)11/h2-4,12H,11H2,1H3. The summed E-state index contributed by atoms with van der Waals surface area (Å²) in [5, 5.41) is 1.61. The monoisotopic (exact) mass is 180 g/mol. The molecule has 62 valence electrons. The summed E-state index contributed by atoms with van der Waals surface area (Å²) in [4.78, 5) is 3.19. The molecule has 0 radical (unpaired) electrons. The number of benzene rings is 1. The molecule has 0 atom stereocenters. The predicted molar refractivity (Wildman–Crippen MR) is 52.5 cm³/mol. The summed E-state index contributed by atoms with van der Waals surface area (Å²) in [5.41, 5.74) is 8.56. The number of anilines is 1. The number of nitrogens with one attached hydrogen (secondary N) is 1. The maximum Gasteiger partial charge on any atom is 0.0643 e.